The van der Waals surface area contributed by atoms with Gasteiger partial charge in [-0.25, -0.2) is 8.42 Å². The molecule has 2 N–H and O–H groups in total. The molecule has 0 aromatic heterocycles. The molecule has 0 bridgehead atoms. The van der Waals surface area contributed by atoms with Crippen molar-refractivity contribution in [3.8, 4) is 0 Å². The van der Waals surface area contributed by atoms with Gasteiger partial charge in [0.2, 0.25) is 5.91 Å². The molecule has 128 valence electrons. The van der Waals surface area contributed by atoms with Crippen LogP contribution in [0.5, 0.6) is 0 Å². The number of rotatable bonds is 8. The summed E-state index contributed by atoms with van der Waals surface area (Å²) in [5, 5.41) is 2.78. The minimum atomic E-state index is -3.64. The number of benzene rings is 2. The number of anilines is 2. The number of carbonyl (C=O) groups excluding carboxylic acids is 1. The van der Waals surface area contributed by atoms with Crippen LogP contribution in [0.2, 0.25) is 0 Å². The minimum absolute atomic E-state index is 0.0842. The Morgan fingerprint density at radius 1 is 1.04 bits per heavy atom. The zero-order chi connectivity index (χ0) is 17.4. The molecule has 0 heterocycles. The third-order valence-electron chi connectivity index (χ3n) is 3.13. The lowest BCUT2D eigenvalue weighted by Gasteiger charge is -2.10. The topological polar surface area (TPSA) is 75.3 Å². The fourth-order valence-corrected chi connectivity index (χ4v) is 3.70. The maximum absolute atomic E-state index is 12.3. The Kier molecular flexibility index (Phi) is 6.69. The van der Waals surface area contributed by atoms with Gasteiger partial charge in [0.25, 0.3) is 10.0 Å². The summed E-state index contributed by atoms with van der Waals surface area (Å²) in [5.41, 5.74) is 0.967. The average molecular weight is 364 g/mol. The van der Waals surface area contributed by atoms with Crippen LogP contribution in [0.25, 0.3) is 0 Å². The van der Waals surface area contributed by atoms with E-state index in [2.05, 4.69) is 10.0 Å². The SMILES string of the molecule is CCSCCC(=O)Nc1cccc(NS(=O)(=O)c2ccccc2)c1. The van der Waals surface area contributed by atoms with Crippen LogP contribution < -0.4 is 10.0 Å². The highest BCUT2D eigenvalue weighted by Gasteiger charge is 2.13. The zero-order valence-corrected chi connectivity index (χ0v) is 15.0. The second-order valence-corrected chi connectivity index (χ2v) is 8.07. The molecule has 2 aromatic rings. The van der Waals surface area contributed by atoms with E-state index in [-0.39, 0.29) is 10.8 Å². The third kappa shape index (κ3) is 5.58. The van der Waals surface area contributed by atoms with E-state index in [1.807, 2.05) is 6.92 Å². The van der Waals surface area contributed by atoms with E-state index in [0.717, 1.165) is 11.5 Å². The molecule has 0 aliphatic carbocycles. The summed E-state index contributed by atoms with van der Waals surface area (Å²) >= 11 is 1.70. The minimum Gasteiger partial charge on any atom is -0.326 e. The monoisotopic (exact) mass is 364 g/mol. The highest BCUT2D eigenvalue weighted by atomic mass is 32.2. The smallest absolute Gasteiger partial charge is 0.261 e. The summed E-state index contributed by atoms with van der Waals surface area (Å²) in [7, 11) is -3.64. The van der Waals surface area contributed by atoms with Crippen molar-refractivity contribution in [1.29, 1.82) is 0 Å². The van der Waals surface area contributed by atoms with Crippen molar-refractivity contribution >= 4 is 39.1 Å². The van der Waals surface area contributed by atoms with Crippen LogP contribution in [0, 0.1) is 0 Å². The van der Waals surface area contributed by atoms with Crippen LogP contribution in [0.1, 0.15) is 13.3 Å². The van der Waals surface area contributed by atoms with Crippen molar-refractivity contribution in [2.45, 2.75) is 18.2 Å². The summed E-state index contributed by atoms with van der Waals surface area (Å²) < 4.78 is 27.1. The van der Waals surface area contributed by atoms with Crippen molar-refractivity contribution in [1.82, 2.24) is 0 Å². The Morgan fingerprint density at radius 3 is 2.46 bits per heavy atom. The standard InChI is InChI=1S/C17H20N2O3S2/c1-2-23-12-11-17(20)18-14-7-6-8-15(13-14)19-24(21,22)16-9-4-3-5-10-16/h3-10,13,19H,2,11-12H2,1H3,(H,18,20). The largest absolute Gasteiger partial charge is 0.326 e. The van der Waals surface area contributed by atoms with E-state index in [9.17, 15) is 13.2 Å². The summed E-state index contributed by atoms with van der Waals surface area (Å²) in [6, 6.07) is 14.8. The van der Waals surface area contributed by atoms with Crippen molar-refractivity contribution in [3.63, 3.8) is 0 Å². The Labute approximate surface area is 146 Å². The number of carbonyl (C=O) groups is 1. The molecule has 0 unspecified atom stereocenters. The molecule has 0 spiro atoms. The molecule has 0 atom stereocenters. The first-order valence-electron chi connectivity index (χ1n) is 7.57. The first kappa shape index (κ1) is 18.4. The highest BCUT2D eigenvalue weighted by molar-refractivity contribution is 7.99. The third-order valence-corrected chi connectivity index (χ3v) is 5.43. The van der Waals surface area contributed by atoms with Gasteiger partial charge < -0.3 is 5.32 Å². The van der Waals surface area contributed by atoms with Gasteiger partial charge >= 0.3 is 0 Å². The first-order valence-corrected chi connectivity index (χ1v) is 10.2. The molecule has 0 fully saturated rings. The van der Waals surface area contributed by atoms with Crippen molar-refractivity contribution < 1.29 is 13.2 Å². The molecule has 2 rings (SSSR count). The van der Waals surface area contributed by atoms with Crippen LogP contribution in [-0.4, -0.2) is 25.8 Å². The molecule has 7 heteroatoms. The van der Waals surface area contributed by atoms with Crippen LogP contribution >= 0.6 is 11.8 Å². The highest BCUT2D eigenvalue weighted by Crippen LogP contribution is 2.19. The van der Waals surface area contributed by atoms with Gasteiger partial charge in [0.15, 0.2) is 0 Å². The molecule has 0 radical (unpaired) electrons. The lowest BCUT2D eigenvalue weighted by atomic mass is 10.3. The lowest BCUT2D eigenvalue weighted by Crippen LogP contribution is -2.14. The zero-order valence-electron chi connectivity index (χ0n) is 13.4. The van der Waals surface area contributed by atoms with Crippen LogP contribution in [-0.2, 0) is 14.8 Å². The lowest BCUT2D eigenvalue weighted by molar-refractivity contribution is -0.115. The molecule has 24 heavy (non-hydrogen) atoms. The average Bonchev–Trinajstić information content (AvgIpc) is 2.56. The van der Waals surface area contributed by atoms with Gasteiger partial charge in [-0.1, -0.05) is 31.2 Å². The Hall–Kier alpha value is -1.99. The van der Waals surface area contributed by atoms with Crippen LogP contribution in [0.3, 0.4) is 0 Å². The summed E-state index contributed by atoms with van der Waals surface area (Å²) in [5.74, 6) is 1.66. The van der Waals surface area contributed by atoms with Gasteiger partial charge in [-0.05, 0) is 36.1 Å². The number of amides is 1. The van der Waals surface area contributed by atoms with Crippen LogP contribution in [0.4, 0.5) is 11.4 Å². The molecule has 2 aromatic carbocycles. The fourth-order valence-electron chi connectivity index (χ4n) is 2.01. The Bertz CT molecular complexity index is 777. The quantitative estimate of drug-likeness (QED) is 0.702. The predicted octanol–water partition coefficient (Wildman–Crippen LogP) is 3.57. The van der Waals surface area contributed by atoms with Crippen molar-refractivity contribution in [2.75, 3.05) is 21.5 Å². The predicted molar refractivity (Wildman–Crippen MR) is 99.9 cm³/mol. The van der Waals surface area contributed by atoms with Crippen molar-refractivity contribution in [3.05, 3.63) is 54.6 Å². The molecular weight excluding hydrogens is 344 g/mol. The summed E-state index contributed by atoms with van der Waals surface area (Å²) in [4.78, 5) is 12.0. The number of nitrogens with one attached hydrogen (secondary N) is 2. The first-order chi connectivity index (χ1) is 11.5. The maximum atomic E-state index is 12.3. The number of hydrogen-bond donors (Lipinski definition) is 2. The van der Waals surface area contributed by atoms with Gasteiger partial charge in [-0.2, -0.15) is 11.8 Å². The Morgan fingerprint density at radius 2 is 1.75 bits per heavy atom. The van der Waals surface area contributed by atoms with E-state index >= 15 is 0 Å². The van der Waals surface area contributed by atoms with E-state index in [4.69, 9.17) is 0 Å². The number of sulfonamides is 1. The Balaban J connectivity index is 2.04. The second-order valence-electron chi connectivity index (χ2n) is 4.99. The van der Waals surface area contributed by atoms with Gasteiger partial charge in [0.05, 0.1) is 10.6 Å². The van der Waals surface area contributed by atoms with Crippen molar-refractivity contribution in [2.24, 2.45) is 0 Å². The number of hydrogen-bond acceptors (Lipinski definition) is 4. The van der Waals surface area contributed by atoms with Gasteiger partial charge in [0, 0.05) is 17.9 Å². The summed E-state index contributed by atoms with van der Waals surface area (Å²) in [6.07, 6.45) is 0.429. The molecule has 0 saturated heterocycles. The fraction of sp³-hybridized carbons (Fsp3) is 0.235. The molecule has 1 amide bonds. The molecule has 0 aliphatic heterocycles. The number of thioether (sulfide) groups is 1. The van der Waals surface area contributed by atoms with E-state index in [0.29, 0.717) is 17.8 Å². The molecule has 5 nitrogen and oxygen atoms in total. The molecule has 0 aliphatic rings. The second kappa shape index (κ2) is 8.75. The maximum Gasteiger partial charge on any atom is 0.261 e. The summed E-state index contributed by atoms with van der Waals surface area (Å²) in [6.45, 7) is 2.05. The van der Waals surface area contributed by atoms with Gasteiger partial charge in [-0.15, -0.1) is 0 Å². The molecule has 0 saturated carbocycles. The van der Waals surface area contributed by atoms with E-state index in [1.54, 1.807) is 54.2 Å². The van der Waals surface area contributed by atoms with E-state index in [1.165, 1.54) is 12.1 Å². The van der Waals surface area contributed by atoms with Gasteiger partial charge in [-0.3, -0.25) is 9.52 Å². The van der Waals surface area contributed by atoms with Crippen LogP contribution in [0.15, 0.2) is 59.5 Å². The van der Waals surface area contributed by atoms with E-state index < -0.39 is 10.0 Å². The van der Waals surface area contributed by atoms with Gasteiger partial charge in [0.1, 0.15) is 0 Å². The molecular formula is C17H20N2O3S2. The normalized spacial score (nSPS) is 11.0.